The molecule has 9 nitrogen and oxygen atoms in total. The monoisotopic (exact) mass is 784 g/mol. The van der Waals surface area contributed by atoms with E-state index in [2.05, 4.69) is 59.1 Å². The number of carbonyl (C=O) groups is 2. The van der Waals surface area contributed by atoms with E-state index in [4.69, 9.17) is 23.1 Å². The van der Waals surface area contributed by atoms with Crippen LogP contribution in [0.25, 0.3) is 22.1 Å². The molecule has 0 spiro atoms. The maximum atomic E-state index is 12.3. The predicted octanol–water partition coefficient (Wildman–Crippen LogP) is 12.2. The van der Waals surface area contributed by atoms with Gasteiger partial charge in [-0.05, 0) is 98.9 Å². The highest BCUT2D eigenvalue weighted by Gasteiger charge is 2.37. The van der Waals surface area contributed by atoms with E-state index in [0.717, 1.165) is 33.4 Å². The first-order valence-electron chi connectivity index (χ1n) is 20.0. The van der Waals surface area contributed by atoms with Crippen molar-refractivity contribution in [1.82, 2.24) is 5.32 Å². The Labute approximate surface area is 336 Å². The number of amides is 1. The van der Waals surface area contributed by atoms with Crippen LogP contribution < -0.4 is 10.1 Å². The fourth-order valence-corrected chi connectivity index (χ4v) is 6.49. The van der Waals surface area contributed by atoms with E-state index in [0.29, 0.717) is 29.1 Å². The molecule has 0 unspecified atom stereocenters. The van der Waals surface area contributed by atoms with Crippen molar-refractivity contribution >= 4 is 31.3 Å². The summed E-state index contributed by atoms with van der Waals surface area (Å²) in [7, 11) is -2.03. The van der Waals surface area contributed by atoms with E-state index in [9.17, 15) is 14.9 Å². The number of esters is 1. The van der Waals surface area contributed by atoms with Crippen molar-refractivity contribution < 1.29 is 32.6 Å². The molecule has 0 atom stereocenters. The topological polar surface area (TPSA) is 120 Å². The van der Waals surface area contributed by atoms with Gasteiger partial charge in [0.2, 0.25) is 0 Å². The van der Waals surface area contributed by atoms with Gasteiger partial charge >= 0.3 is 12.1 Å². The van der Waals surface area contributed by atoms with Crippen molar-refractivity contribution in [2.45, 2.75) is 144 Å². The van der Waals surface area contributed by atoms with Gasteiger partial charge in [-0.3, -0.25) is 4.79 Å². The lowest BCUT2D eigenvalue weighted by Gasteiger charge is -2.35. The first-order valence-corrected chi connectivity index (χ1v) is 22.9. The lowest BCUT2D eigenvalue weighted by molar-refractivity contribution is -0.142. The van der Waals surface area contributed by atoms with E-state index < -0.39 is 20.0 Å². The Balaban J connectivity index is 0.00000109. The number of nitriles is 1. The molecule has 1 amide bonds. The van der Waals surface area contributed by atoms with Gasteiger partial charge in [0.05, 0.1) is 31.3 Å². The average molecular weight is 785 g/mol. The molecule has 0 bridgehead atoms. The molecular weight excluding hydrogens is 721 g/mol. The zero-order chi connectivity index (χ0) is 41.5. The fourth-order valence-electron chi connectivity index (χ4n) is 5.55. The molecule has 0 saturated carbocycles. The molecule has 4 rings (SSSR count). The van der Waals surface area contributed by atoms with Crippen LogP contribution >= 0.6 is 0 Å². The molecule has 0 radical (unpaired) electrons. The number of alkyl carbamates (subject to hydrolysis) is 1. The minimum atomic E-state index is -2.03. The number of rotatable bonds is 16. The number of furan rings is 1. The Hall–Kier alpha value is -4.59. The largest absolute Gasteiger partial charge is 0.489 e. The lowest BCUT2D eigenvalue weighted by atomic mass is 9.99. The van der Waals surface area contributed by atoms with E-state index in [-0.39, 0.29) is 37.2 Å². The second kappa shape index (κ2) is 21.1. The lowest BCUT2D eigenvalue weighted by Crippen LogP contribution is -2.40. The van der Waals surface area contributed by atoms with Gasteiger partial charge in [-0.15, -0.1) is 0 Å². The summed E-state index contributed by atoms with van der Waals surface area (Å²) in [5, 5.41) is 13.3. The van der Waals surface area contributed by atoms with Gasteiger partial charge in [-0.2, -0.15) is 5.26 Å². The van der Waals surface area contributed by atoms with Gasteiger partial charge in [0.1, 0.15) is 29.3 Å². The van der Waals surface area contributed by atoms with Crippen LogP contribution in [0, 0.1) is 11.3 Å². The van der Waals surface area contributed by atoms with Gasteiger partial charge in [0, 0.05) is 23.1 Å². The highest BCUT2D eigenvalue weighted by atomic mass is 28.4. The molecule has 1 N–H and O–H groups in total. The highest BCUT2D eigenvalue weighted by molar-refractivity contribution is 6.74. The molecule has 4 aromatic rings. The third-order valence-corrected chi connectivity index (χ3v) is 14.1. The van der Waals surface area contributed by atoms with Crippen LogP contribution in [0.1, 0.15) is 122 Å². The number of nitrogens with zero attached hydrogens (tertiary/aromatic N) is 1. The highest BCUT2D eigenvalue weighted by Crippen LogP contribution is 2.38. The number of unbranched alkanes of at least 4 members (excludes halogenated alkanes) is 4. The summed E-state index contributed by atoms with van der Waals surface area (Å²) in [4.78, 5) is 24.6. The third kappa shape index (κ3) is 14.5. The Kier molecular flexibility index (Phi) is 17.2. The summed E-state index contributed by atoms with van der Waals surface area (Å²) >= 11 is 0. The zero-order valence-electron chi connectivity index (χ0n) is 35.6. The van der Waals surface area contributed by atoms with Gasteiger partial charge in [0.15, 0.2) is 8.32 Å². The van der Waals surface area contributed by atoms with Gasteiger partial charge in [-0.25, -0.2) is 4.79 Å². The molecule has 0 aliphatic rings. The second-order valence-corrected chi connectivity index (χ2v) is 21.5. The van der Waals surface area contributed by atoms with Crippen molar-refractivity contribution in [3.8, 4) is 22.9 Å². The molecule has 10 heteroatoms. The number of hydrogen-bond acceptors (Lipinski definition) is 8. The molecule has 0 aliphatic heterocycles. The van der Waals surface area contributed by atoms with Crippen molar-refractivity contribution in [2.75, 3.05) is 6.61 Å². The maximum absolute atomic E-state index is 12.3. The Morgan fingerprint density at radius 3 is 2.20 bits per heavy atom. The second-order valence-electron chi connectivity index (χ2n) is 16.6. The molecular formula is C46H64N2O7Si. The molecule has 3 aromatic carbocycles. The molecule has 1 heterocycles. The predicted molar refractivity (Wildman–Crippen MR) is 227 cm³/mol. The summed E-state index contributed by atoms with van der Waals surface area (Å²) in [5.41, 5.74) is 4.69. The van der Waals surface area contributed by atoms with Crippen LogP contribution in [0.2, 0.25) is 18.1 Å². The summed E-state index contributed by atoms with van der Waals surface area (Å²) in [6, 6.07) is 21.1. The smallest absolute Gasteiger partial charge is 0.407 e. The molecule has 0 aliphatic carbocycles. The molecule has 0 fully saturated rings. The summed E-state index contributed by atoms with van der Waals surface area (Å²) in [6.07, 6.45) is 6.55. The van der Waals surface area contributed by atoms with Gasteiger partial charge in [-0.1, -0.05) is 91.0 Å². The van der Waals surface area contributed by atoms with Gasteiger partial charge in [0.25, 0.3) is 0 Å². The maximum Gasteiger partial charge on any atom is 0.407 e. The van der Waals surface area contributed by atoms with Crippen LogP contribution in [-0.4, -0.2) is 32.6 Å². The number of hydrogen-bond donors (Lipinski definition) is 1. The summed E-state index contributed by atoms with van der Waals surface area (Å²) in [6.45, 7) is 23.9. The fraction of sp³-hybridized carbons (Fsp3) is 0.500. The van der Waals surface area contributed by atoms with Crippen LogP contribution in [0.3, 0.4) is 0 Å². The van der Waals surface area contributed by atoms with Crippen molar-refractivity contribution in [3.05, 3.63) is 88.7 Å². The van der Waals surface area contributed by atoms with Crippen LogP contribution in [0.4, 0.5) is 4.79 Å². The van der Waals surface area contributed by atoms with E-state index >= 15 is 0 Å². The van der Waals surface area contributed by atoms with Crippen molar-refractivity contribution in [1.29, 1.82) is 5.26 Å². The number of fused-ring (bicyclic) bond motifs is 1. The Bertz CT molecular complexity index is 1920. The molecule has 0 saturated heterocycles. The SMILES string of the molecule is CCCCCCC.CCOC(=O)Cc1ccc(C#N)cc1OCc1cc(-c2cccc(CNC(=O)OC(C)(C)C)c2)c2oc(CO[Si](C)(C)C(C)(C)C)cc2c1. The van der Waals surface area contributed by atoms with Crippen LogP contribution in [0.15, 0.2) is 65.1 Å². The van der Waals surface area contributed by atoms with E-state index in [1.54, 1.807) is 25.1 Å². The van der Waals surface area contributed by atoms with Crippen LogP contribution in [0.5, 0.6) is 5.75 Å². The molecule has 56 heavy (non-hydrogen) atoms. The number of nitrogens with one attached hydrogen (secondary N) is 1. The van der Waals surface area contributed by atoms with Gasteiger partial charge < -0.3 is 28.4 Å². The van der Waals surface area contributed by atoms with Crippen LogP contribution in [-0.2, 0) is 44.9 Å². The first-order chi connectivity index (χ1) is 26.4. The molecule has 304 valence electrons. The summed E-state index contributed by atoms with van der Waals surface area (Å²) in [5.74, 6) is 0.799. The summed E-state index contributed by atoms with van der Waals surface area (Å²) < 4.78 is 29.8. The average Bonchev–Trinajstić information content (AvgIpc) is 3.55. The first kappa shape index (κ1) is 45.8. The Morgan fingerprint density at radius 2 is 1.57 bits per heavy atom. The Morgan fingerprint density at radius 1 is 0.857 bits per heavy atom. The minimum absolute atomic E-state index is 0.0304. The molecule has 1 aromatic heterocycles. The number of benzene rings is 3. The van der Waals surface area contributed by atoms with E-state index in [1.165, 1.54) is 32.1 Å². The zero-order valence-corrected chi connectivity index (χ0v) is 36.6. The van der Waals surface area contributed by atoms with E-state index in [1.807, 2.05) is 63.2 Å². The standard InChI is InChI=1S/C39H48N2O7Si.C7H16/c1-10-44-35(42)21-30-15-14-26(22-40)19-34(30)45-24-28-17-31-20-32(25-46-49(8,9)39(5,6)7)47-36(31)33(18-28)29-13-11-12-27(16-29)23-41-37(43)48-38(2,3)4;1-3-5-7-6-4-2/h11-20H,10,21,23-25H2,1-9H3,(H,41,43);3-7H2,1-2H3. The normalized spacial score (nSPS) is 11.7. The number of carbonyl (C=O) groups excluding carboxylic acids is 2. The van der Waals surface area contributed by atoms with Crippen molar-refractivity contribution in [3.63, 3.8) is 0 Å². The third-order valence-electron chi connectivity index (χ3n) is 9.62. The number of ether oxygens (including phenoxy) is 3. The van der Waals surface area contributed by atoms with Crippen molar-refractivity contribution in [2.24, 2.45) is 0 Å². The minimum Gasteiger partial charge on any atom is -0.489 e. The quantitative estimate of drug-likeness (QED) is 0.0677.